The first-order chi connectivity index (χ1) is 16.4. The van der Waals surface area contributed by atoms with Gasteiger partial charge in [0.2, 0.25) is 5.56 Å². The Bertz CT molecular complexity index is 1360. The molecule has 2 aliphatic rings. The van der Waals surface area contributed by atoms with Gasteiger partial charge in [-0.15, -0.1) is 0 Å². The maximum Gasteiger partial charge on any atom is 0.322 e. The van der Waals surface area contributed by atoms with Gasteiger partial charge in [0.05, 0.1) is 13.2 Å². The Hall–Kier alpha value is -4.40. The second kappa shape index (κ2) is 8.18. The van der Waals surface area contributed by atoms with E-state index in [0.29, 0.717) is 30.0 Å². The minimum Gasteiger partial charge on any atom is -0.494 e. The topological polar surface area (TPSA) is 121 Å². The highest BCUT2D eigenvalue weighted by molar-refractivity contribution is 6.08. The lowest BCUT2D eigenvalue weighted by Crippen LogP contribution is -2.52. The van der Waals surface area contributed by atoms with Gasteiger partial charge in [0.1, 0.15) is 5.75 Å². The van der Waals surface area contributed by atoms with Crippen LogP contribution in [0.25, 0.3) is 11.1 Å². The maximum atomic E-state index is 13.2. The minimum atomic E-state index is -1.44. The van der Waals surface area contributed by atoms with E-state index in [4.69, 9.17) is 4.74 Å². The number of benzene rings is 2. The number of ether oxygens (including phenoxy) is 1. The van der Waals surface area contributed by atoms with Gasteiger partial charge >= 0.3 is 6.03 Å². The number of aromatic amines is 1. The summed E-state index contributed by atoms with van der Waals surface area (Å²) in [6.07, 6.45) is 1.56. The van der Waals surface area contributed by atoms with Crippen molar-refractivity contribution in [2.75, 3.05) is 13.2 Å². The highest BCUT2D eigenvalue weighted by atomic mass is 16.5. The number of H-pyrrole nitrogens is 1. The molecule has 0 aliphatic carbocycles. The monoisotopic (exact) mass is 458 g/mol. The Morgan fingerprint density at radius 1 is 0.971 bits per heavy atom. The lowest BCUT2D eigenvalue weighted by molar-refractivity contribution is -0.124. The lowest BCUT2D eigenvalue weighted by Gasteiger charge is -2.31. The molecule has 0 spiro atoms. The Morgan fingerprint density at radius 2 is 1.76 bits per heavy atom. The van der Waals surface area contributed by atoms with Crippen molar-refractivity contribution in [3.05, 3.63) is 87.8 Å². The third kappa shape index (κ3) is 3.61. The zero-order chi connectivity index (χ0) is 23.9. The van der Waals surface area contributed by atoms with Crippen LogP contribution in [0.15, 0.2) is 65.6 Å². The first-order valence-corrected chi connectivity index (χ1v) is 10.9. The summed E-state index contributed by atoms with van der Waals surface area (Å²) in [5.74, 6) is -0.154. The fourth-order valence-electron chi connectivity index (χ4n) is 4.48. The Labute approximate surface area is 194 Å². The number of fused-ring (bicyclic) bond motifs is 1. The van der Waals surface area contributed by atoms with Gasteiger partial charge in [0.15, 0.2) is 5.54 Å². The fourth-order valence-corrected chi connectivity index (χ4v) is 4.48. The number of urea groups is 1. The molecule has 0 unspecified atom stereocenters. The van der Waals surface area contributed by atoms with Crippen LogP contribution in [-0.2, 0) is 16.9 Å². The number of carbonyl (C=O) groups is 3. The van der Waals surface area contributed by atoms with Gasteiger partial charge in [-0.3, -0.25) is 19.7 Å². The molecule has 9 nitrogen and oxygen atoms in total. The number of pyridine rings is 1. The molecule has 3 N–H and O–H groups in total. The molecule has 0 saturated carbocycles. The molecule has 0 radical (unpaired) electrons. The summed E-state index contributed by atoms with van der Waals surface area (Å²) in [6, 6.07) is 15.0. The molecular weight excluding hydrogens is 436 g/mol. The molecule has 1 fully saturated rings. The summed E-state index contributed by atoms with van der Waals surface area (Å²) in [5.41, 5.74) is 1.73. The summed E-state index contributed by atoms with van der Waals surface area (Å²) in [5, 5.41) is 5.04. The summed E-state index contributed by atoms with van der Waals surface area (Å²) >= 11 is 0. The van der Waals surface area contributed by atoms with Gasteiger partial charge < -0.3 is 19.9 Å². The van der Waals surface area contributed by atoms with Crippen LogP contribution in [0.1, 0.15) is 28.4 Å². The quantitative estimate of drug-likeness (QED) is 0.489. The molecule has 34 heavy (non-hydrogen) atoms. The SMILES string of the molecule is CCOc1ccc2c(c1)C(=O)N(C[C@@]1(c3ccc(-c4cc[nH]c(=O)c4)cc3)NC(=O)NC1=O)C2. The molecule has 4 amide bonds. The number of hydrogen-bond acceptors (Lipinski definition) is 5. The van der Waals surface area contributed by atoms with E-state index >= 15 is 0 Å². The number of amides is 4. The van der Waals surface area contributed by atoms with Crippen LogP contribution >= 0.6 is 0 Å². The first-order valence-electron chi connectivity index (χ1n) is 10.9. The highest BCUT2D eigenvalue weighted by Gasteiger charge is 2.50. The number of rotatable bonds is 6. The Balaban J connectivity index is 1.47. The van der Waals surface area contributed by atoms with Crippen LogP contribution < -0.4 is 20.9 Å². The van der Waals surface area contributed by atoms with E-state index in [-0.39, 0.29) is 18.0 Å². The van der Waals surface area contributed by atoms with E-state index in [1.54, 1.807) is 47.5 Å². The third-order valence-corrected chi connectivity index (χ3v) is 6.13. The molecule has 2 aliphatic heterocycles. The Morgan fingerprint density at radius 3 is 2.44 bits per heavy atom. The number of nitrogens with one attached hydrogen (secondary N) is 3. The van der Waals surface area contributed by atoms with E-state index in [0.717, 1.165) is 16.7 Å². The van der Waals surface area contributed by atoms with Crippen molar-refractivity contribution in [1.29, 1.82) is 0 Å². The van der Waals surface area contributed by atoms with E-state index in [9.17, 15) is 19.2 Å². The Kier molecular flexibility index (Phi) is 5.16. The van der Waals surface area contributed by atoms with Crippen LogP contribution in [0.2, 0.25) is 0 Å². The van der Waals surface area contributed by atoms with Gasteiger partial charge in [-0.25, -0.2) is 4.79 Å². The molecule has 0 bridgehead atoms. The van der Waals surface area contributed by atoms with Crippen LogP contribution in [-0.4, -0.2) is 40.9 Å². The van der Waals surface area contributed by atoms with Crippen molar-refractivity contribution in [2.24, 2.45) is 0 Å². The molecule has 5 rings (SSSR count). The molecule has 9 heteroatoms. The average molecular weight is 458 g/mol. The normalized spacial score (nSPS) is 19.1. The number of imide groups is 1. The molecule has 3 heterocycles. The predicted octanol–water partition coefficient (Wildman–Crippen LogP) is 2.13. The molecule has 172 valence electrons. The molecule has 1 saturated heterocycles. The van der Waals surface area contributed by atoms with Crippen LogP contribution in [0, 0.1) is 0 Å². The van der Waals surface area contributed by atoms with Crippen molar-refractivity contribution in [3.63, 3.8) is 0 Å². The fraction of sp³-hybridized carbons (Fsp3) is 0.200. The van der Waals surface area contributed by atoms with Gasteiger partial charge in [-0.05, 0) is 47.4 Å². The van der Waals surface area contributed by atoms with Crippen molar-refractivity contribution in [3.8, 4) is 16.9 Å². The number of carbonyl (C=O) groups excluding carboxylic acids is 3. The molecular formula is C25H22N4O5. The molecule has 2 aromatic carbocycles. The van der Waals surface area contributed by atoms with Gasteiger partial charge in [0, 0.05) is 24.4 Å². The van der Waals surface area contributed by atoms with Crippen molar-refractivity contribution in [2.45, 2.75) is 19.0 Å². The zero-order valence-electron chi connectivity index (χ0n) is 18.4. The van der Waals surface area contributed by atoms with E-state index in [1.165, 1.54) is 6.07 Å². The maximum absolute atomic E-state index is 13.2. The molecule has 1 atom stereocenters. The van der Waals surface area contributed by atoms with Gasteiger partial charge in [0.25, 0.3) is 11.8 Å². The number of nitrogens with zero attached hydrogens (tertiary/aromatic N) is 1. The smallest absolute Gasteiger partial charge is 0.322 e. The van der Waals surface area contributed by atoms with Crippen molar-refractivity contribution < 1.29 is 19.1 Å². The van der Waals surface area contributed by atoms with Crippen molar-refractivity contribution >= 4 is 17.8 Å². The summed E-state index contributed by atoms with van der Waals surface area (Å²) < 4.78 is 5.51. The predicted molar refractivity (Wildman–Crippen MR) is 123 cm³/mol. The number of aromatic nitrogens is 1. The second-order valence-electron chi connectivity index (χ2n) is 8.25. The highest BCUT2D eigenvalue weighted by Crippen LogP contribution is 2.33. The summed E-state index contributed by atoms with van der Waals surface area (Å²) in [6.45, 7) is 2.63. The summed E-state index contributed by atoms with van der Waals surface area (Å²) in [7, 11) is 0. The van der Waals surface area contributed by atoms with E-state index in [1.807, 2.05) is 19.1 Å². The largest absolute Gasteiger partial charge is 0.494 e. The van der Waals surface area contributed by atoms with Crippen LogP contribution in [0.4, 0.5) is 4.79 Å². The minimum absolute atomic E-state index is 0.0353. The second-order valence-corrected chi connectivity index (χ2v) is 8.25. The van der Waals surface area contributed by atoms with E-state index < -0.39 is 17.5 Å². The first kappa shape index (κ1) is 21.4. The third-order valence-electron chi connectivity index (χ3n) is 6.13. The average Bonchev–Trinajstić information content (AvgIpc) is 3.29. The lowest BCUT2D eigenvalue weighted by atomic mass is 9.88. The van der Waals surface area contributed by atoms with Gasteiger partial charge in [-0.2, -0.15) is 0 Å². The van der Waals surface area contributed by atoms with Gasteiger partial charge in [-0.1, -0.05) is 30.3 Å². The van der Waals surface area contributed by atoms with Crippen LogP contribution in [0.5, 0.6) is 5.75 Å². The van der Waals surface area contributed by atoms with Crippen molar-refractivity contribution in [1.82, 2.24) is 20.5 Å². The molecule has 3 aromatic rings. The number of hydrogen-bond donors (Lipinski definition) is 3. The summed E-state index contributed by atoms with van der Waals surface area (Å²) in [4.78, 5) is 54.1. The zero-order valence-corrected chi connectivity index (χ0v) is 18.4. The van der Waals surface area contributed by atoms with E-state index in [2.05, 4.69) is 15.6 Å². The standard InChI is InChI=1S/C25H22N4O5/c1-2-34-19-8-5-17-13-29(22(31)20(17)12-19)14-25(23(32)27-24(33)28-25)18-6-3-15(4-7-18)16-9-10-26-21(30)11-16/h3-12H,2,13-14H2,1H3,(H,26,30)(H2,27,28,32,33)/t25-/m0/s1. The molecule has 1 aromatic heterocycles. The van der Waals surface area contributed by atoms with Crippen LogP contribution in [0.3, 0.4) is 0 Å².